The van der Waals surface area contributed by atoms with Crippen molar-refractivity contribution < 1.29 is 27.5 Å². The van der Waals surface area contributed by atoms with Gasteiger partial charge in [0.05, 0.1) is 5.92 Å². The van der Waals surface area contributed by atoms with E-state index in [1.165, 1.54) is 17.0 Å². The zero-order valence-electron chi connectivity index (χ0n) is 10.4. The van der Waals surface area contributed by atoms with Crippen LogP contribution < -0.4 is 15.0 Å². The average molecular weight is 288 g/mol. The smallest absolute Gasteiger partial charge is 0.406 e. The second kappa shape index (κ2) is 5.03. The van der Waals surface area contributed by atoms with Crippen LogP contribution in [0.25, 0.3) is 0 Å². The second-order valence-corrected chi connectivity index (χ2v) is 4.35. The minimum atomic E-state index is -4.76. The Hall–Kier alpha value is -2.25. The first-order chi connectivity index (χ1) is 9.26. The third kappa shape index (κ3) is 3.19. The molecule has 108 valence electrons. The lowest BCUT2D eigenvalue weighted by Crippen LogP contribution is -2.53. The summed E-state index contributed by atoms with van der Waals surface area (Å²) in [4.78, 5) is 24.2. The first kappa shape index (κ1) is 14.2. The molecule has 1 aliphatic rings. The lowest BCUT2D eigenvalue weighted by atomic mass is 10.1. The van der Waals surface area contributed by atoms with Gasteiger partial charge < -0.3 is 4.74 Å². The Balaban J connectivity index is 2.14. The molecule has 1 fully saturated rings. The second-order valence-electron chi connectivity index (χ2n) is 4.35. The number of alkyl halides is 3. The van der Waals surface area contributed by atoms with Crippen molar-refractivity contribution in [3.8, 4) is 5.75 Å². The zero-order chi connectivity index (χ0) is 14.9. The van der Waals surface area contributed by atoms with Gasteiger partial charge in [0.2, 0.25) is 5.91 Å². The molecule has 1 heterocycles. The maximum Gasteiger partial charge on any atom is 0.573 e. The van der Waals surface area contributed by atoms with Crippen LogP contribution in [0, 0.1) is 5.92 Å². The Morgan fingerprint density at radius 1 is 1.25 bits per heavy atom. The number of carbonyl (C=O) groups excluding carboxylic acids is 2. The molecular formula is C12H11F3N2O3. The lowest BCUT2D eigenvalue weighted by molar-refractivity contribution is -0.274. The Morgan fingerprint density at radius 2 is 1.85 bits per heavy atom. The number of halogens is 3. The molecule has 0 radical (unpaired) electrons. The summed E-state index contributed by atoms with van der Waals surface area (Å²) in [6.07, 6.45) is -4.76. The number of nitrogens with one attached hydrogen (secondary N) is 1. The van der Waals surface area contributed by atoms with Gasteiger partial charge in [-0.1, -0.05) is 6.92 Å². The maximum absolute atomic E-state index is 12.0. The number of hydrogen-bond acceptors (Lipinski definition) is 3. The van der Waals surface area contributed by atoms with E-state index in [4.69, 9.17) is 0 Å². The number of ether oxygens (including phenoxy) is 1. The predicted octanol–water partition coefficient (Wildman–Crippen LogP) is 2.28. The first-order valence-electron chi connectivity index (χ1n) is 5.74. The van der Waals surface area contributed by atoms with Gasteiger partial charge in [-0.25, -0.2) is 4.79 Å². The summed E-state index contributed by atoms with van der Waals surface area (Å²) in [6.45, 7) is 1.82. The molecular weight excluding hydrogens is 277 g/mol. The van der Waals surface area contributed by atoms with Gasteiger partial charge in [-0.15, -0.1) is 13.2 Å². The summed E-state index contributed by atoms with van der Waals surface area (Å²) in [5, 5.41) is 2.17. The summed E-state index contributed by atoms with van der Waals surface area (Å²) in [5.74, 6) is -1.13. The van der Waals surface area contributed by atoms with Crippen LogP contribution in [0.1, 0.15) is 6.92 Å². The van der Waals surface area contributed by atoms with E-state index in [0.29, 0.717) is 5.69 Å². The quantitative estimate of drug-likeness (QED) is 0.908. The molecule has 1 atom stereocenters. The van der Waals surface area contributed by atoms with Crippen molar-refractivity contribution in [2.24, 2.45) is 5.92 Å². The highest BCUT2D eigenvalue weighted by molar-refractivity contribution is 6.06. The molecule has 1 N–H and O–H groups in total. The molecule has 1 saturated heterocycles. The van der Waals surface area contributed by atoms with Gasteiger partial charge in [0.25, 0.3) is 0 Å². The average Bonchev–Trinajstić information content (AvgIpc) is 2.33. The van der Waals surface area contributed by atoms with Gasteiger partial charge in [-0.05, 0) is 24.3 Å². The van der Waals surface area contributed by atoms with Gasteiger partial charge >= 0.3 is 12.4 Å². The number of carbonyl (C=O) groups is 2. The third-order valence-corrected chi connectivity index (χ3v) is 2.76. The van der Waals surface area contributed by atoms with Crippen molar-refractivity contribution in [3.05, 3.63) is 24.3 Å². The Morgan fingerprint density at radius 3 is 2.40 bits per heavy atom. The van der Waals surface area contributed by atoms with Crippen molar-refractivity contribution in [1.29, 1.82) is 0 Å². The SMILES string of the molecule is CC1CN(c2ccc(OC(F)(F)F)cc2)C(=O)NC1=O. The molecule has 1 aliphatic heterocycles. The molecule has 0 spiro atoms. The molecule has 1 aromatic carbocycles. The number of urea groups is 1. The molecule has 1 unspecified atom stereocenters. The number of anilines is 1. The van der Waals surface area contributed by atoms with E-state index in [9.17, 15) is 22.8 Å². The van der Waals surface area contributed by atoms with E-state index in [1.807, 2.05) is 0 Å². The van der Waals surface area contributed by atoms with Crippen molar-refractivity contribution in [2.75, 3.05) is 11.4 Å². The van der Waals surface area contributed by atoms with Crippen LogP contribution >= 0.6 is 0 Å². The summed E-state index contributed by atoms with van der Waals surface area (Å²) in [5.41, 5.74) is 0.386. The molecule has 20 heavy (non-hydrogen) atoms. The summed E-state index contributed by atoms with van der Waals surface area (Å²) < 4.78 is 39.8. The number of imide groups is 1. The highest BCUT2D eigenvalue weighted by Crippen LogP contribution is 2.26. The van der Waals surface area contributed by atoms with Crippen LogP contribution in [-0.4, -0.2) is 24.8 Å². The Kier molecular flexibility index (Phi) is 3.56. The highest BCUT2D eigenvalue weighted by atomic mass is 19.4. The minimum absolute atomic E-state index is 0.171. The van der Waals surface area contributed by atoms with E-state index >= 15 is 0 Å². The molecule has 1 aromatic rings. The lowest BCUT2D eigenvalue weighted by Gasteiger charge is -2.30. The van der Waals surface area contributed by atoms with Crippen LogP contribution in [-0.2, 0) is 4.79 Å². The number of hydrogen-bond donors (Lipinski definition) is 1. The van der Waals surface area contributed by atoms with Crippen LogP contribution in [0.3, 0.4) is 0 Å². The van der Waals surface area contributed by atoms with Crippen LogP contribution in [0.4, 0.5) is 23.7 Å². The number of amides is 3. The van der Waals surface area contributed by atoms with Crippen LogP contribution in [0.15, 0.2) is 24.3 Å². The molecule has 0 bridgehead atoms. The largest absolute Gasteiger partial charge is 0.573 e. The number of nitrogens with zero attached hydrogens (tertiary/aromatic N) is 1. The first-order valence-corrected chi connectivity index (χ1v) is 5.74. The summed E-state index contributed by atoms with van der Waals surface area (Å²) in [6, 6.07) is 4.26. The van der Waals surface area contributed by atoms with E-state index in [-0.39, 0.29) is 24.1 Å². The normalized spacial score (nSPS) is 19.8. The topological polar surface area (TPSA) is 58.6 Å². The van der Waals surface area contributed by atoms with E-state index in [0.717, 1.165) is 12.1 Å². The van der Waals surface area contributed by atoms with Crippen molar-refractivity contribution in [2.45, 2.75) is 13.3 Å². The molecule has 0 saturated carbocycles. The van der Waals surface area contributed by atoms with E-state index in [2.05, 4.69) is 10.1 Å². The van der Waals surface area contributed by atoms with Gasteiger partial charge in [-0.2, -0.15) is 0 Å². The van der Waals surface area contributed by atoms with Gasteiger partial charge in [0.15, 0.2) is 0 Å². The highest BCUT2D eigenvalue weighted by Gasteiger charge is 2.32. The van der Waals surface area contributed by atoms with Gasteiger partial charge in [0, 0.05) is 12.2 Å². The fourth-order valence-electron chi connectivity index (χ4n) is 1.79. The van der Waals surface area contributed by atoms with Crippen molar-refractivity contribution in [1.82, 2.24) is 5.32 Å². The summed E-state index contributed by atoms with van der Waals surface area (Å²) >= 11 is 0. The van der Waals surface area contributed by atoms with Gasteiger partial charge in [0.1, 0.15) is 5.75 Å². The van der Waals surface area contributed by atoms with Crippen LogP contribution in [0.5, 0.6) is 5.75 Å². The maximum atomic E-state index is 12.0. The molecule has 0 aromatic heterocycles. The van der Waals surface area contributed by atoms with E-state index < -0.39 is 12.4 Å². The van der Waals surface area contributed by atoms with E-state index in [1.54, 1.807) is 6.92 Å². The number of benzene rings is 1. The Bertz CT molecular complexity index is 528. The molecule has 8 heteroatoms. The fraction of sp³-hybridized carbons (Fsp3) is 0.333. The Labute approximate surface area is 112 Å². The molecule has 5 nitrogen and oxygen atoms in total. The van der Waals surface area contributed by atoms with Crippen molar-refractivity contribution >= 4 is 17.6 Å². The minimum Gasteiger partial charge on any atom is -0.406 e. The number of rotatable bonds is 2. The van der Waals surface area contributed by atoms with Gasteiger partial charge in [-0.3, -0.25) is 15.0 Å². The summed E-state index contributed by atoms with van der Waals surface area (Å²) in [7, 11) is 0. The third-order valence-electron chi connectivity index (χ3n) is 2.76. The predicted molar refractivity (Wildman–Crippen MR) is 63.2 cm³/mol. The molecule has 0 aliphatic carbocycles. The van der Waals surface area contributed by atoms with Crippen LogP contribution in [0.2, 0.25) is 0 Å². The molecule has 3 amide bonds. The zero-order valence-corrected chi connectivity index (χ0v) is 10.4. The standard InChI is InChI=1S/C12H11F3N2O3/c1-7-6-17(11(19)16-10(7)18)8-2-4-9(5-3-8)20-12(13,14)15/h2-5,7H,6H2,1H3,(H,16,18,19). The fourth-order valence-corrected chi connectivity index (χ4v) is 1.79. The molecule has 2 rings (SSSR count). The van der Waals surface area contributed by atoms with Crippen molar-refractivity contribution in [3.63, 3.8) is 0 Å². The monoisotopic (exact) mass is 288 g/mol.